The first kappa shape index (κ1) is 14.0. The Balaban J connectivity index is 2.79. The Morgan fingerprint density at radius 3 is 2.61 bits per heavy atom. The lowest BCUT2D eigenvalue weighted by Gasteiger charge is -2.15. The topological polar surface area (TPSA) is 75.6 Å². The van der Waals surface area contributed by atoms with Gasteiger partial charge in [-0.1, -0.05) is 0 Å². The van der Waals surface area contributed by atoms with E-state index in [2.05, 4.69) is 5.32 Å². The lowest BCUT2D eigenvalue weighted by molar-refractivity contribution is -0.127. The van der Waals surface area contributed by atoms with E-state index in [0.717, 1.165) is 0 Å². The first-order valence-electron chi connectivity index (χ1n) is 5.74. The summed E-state index contributed by atoms with van der Waals surface area (Å²) >= 11 is 0. The molecule has 0 saturated heterocycles. The summed E-state index contributed by atoms with van der Waals surface area (Å²) in [6.07, 6.45) is -0.612. The van der Waals surface area contributed by atoms with E-state index < -0.39 is 12.1 Å². The van der Waals surface area contributed by atoms with Gasteiger partial charge in [0, 0.05) is 6.54 Å². The molecule has 0 radical (unpaired) electrons. The number of ether oxygens (including phenoxy) is 1. The summed E-state index contributed by atoms with van der Waals surface area (Å²) in [5.74, 6) is -0.667. The number of hydrogen-bond acceptors (Lipinski definition) is 3. The van der Waals surface area contributed by atoms with Gasteiger partial charge < -0.3 is 15.2 Å². The standard InChI is InChI=1S/C13H17NO4/c1-4-14-12(15)9(3)18-11-6-5-10(13(16)17)7-8(11)2/h5-7,9H,4H2,1-3H3,(H,14,15)(H,16,17). The predicted molar refractivity (Wildman–Crippen MR) is 66.9 cm³/mol. The molecule has 0 bridgehead atoms. The highest BCUT2D eigenvalue weighted by Gasteiger charge is 2.15. The summed E-state index contributed by atoms with van der Waals surface area (Å²) in [6, 6.07) is 4.53. The number of hydrogen-bond donors (Lipinski definition) is 2. The van der Waals surface area contributed by atoms with Crippen LogP contribution in [0.1, 0.15) is 29.8 Å². The number of rotatable bonds is 5. The molecular weight excluding hydrogens is 234 g/mol. The van der Waals surface area contributed by atoms with Crippen LogP contribution in [0, 0.1) is 6.92 Å². The SMILES string of the molecule is CCNC(=O)C(C)Oc1ccc(C(=O)O)cc1C. The fourth-order valence-corrected chi connectivity index (χ4v) is 1.48. The van der Waals surface area contributed by atoms with Crippen molar-refractivity contribution in [3.05, 3.63) is 29.3 Å². The summed E-state index contributed by atoms with van der Waals surface area (Å²) in [5.41, 5.74) is 0.886. The molecule has 0 heterocycles. The van der Waals surface area contributed by atoms with Gasteiger partial charge in [-0.3, -0.25) is 4.79 Å². The van der Waals surface area contributed by atoms with Crippen LogP contribution >= 0.6 is 0 Å². The molecule has 18 heavy (non-hydrogen) atoms. The number of nitrogens with one attached hydrogen (secondary N) is 1. The molecule has 0 spiro atoms. The lowest BCUT2D eigenvalue weighted by Crippen LogP contribution is -2.36. The summed E-state index contributed by atoms with van der Waals surface area (Å²) in [7, 11) is 0. The van der Waals surface area contributed by atoms with Gasteiger partial charge in [0.1, 0.15) is 5.75 Å². The van der Waals surface area contributed by atoms with Crippen molar-refractivity contribution in [2.75, 3.05) is 6.54 Å². The van der Waals surface area contributed by atoms with E-state index in [1.165, 1.54) is 12.1 Å². The second kappa shape index (κ2) is 6.05. The highest BCUT2D eigenvalue weighted by molar-refractivity contribution is 5.88. The molecule has 0 aromatic heterocycles. The van der Waals surface area contributed by atoms with Crippen LogP contribution in [0.25, 0.3) is 0 Å². The number of benzene rings is 1. The minimum Gasteiger partial charge on any atom is -0.481 e. The van der Waals surface area contributed by atoms with Gasteiger partial charge in [0.2, 0.25) is 0 Å². The zero-order valence-electron chi connectivity index (χ0n) is 10.7. The molecule has 0 aliphatic rings. The predicted octanol–water partition coefficient (Wildman–Crippen LogP) is 1.60. The maximum atomic E-state index is 11.5. The van der Waals surface area contributed by atoms with Gasteiger partial charge >= 0.3 is 5.97 Å². The van der Waals surface area contributed by atoms with Gasteiger partial charge in [0.05, 0.1) is 5.56 Å². The van der Waals surface area contributed by atoms with Crippen LogP contribution in [0.15, 0.2) is 18.2 Å². The minimum atomic E-state index is -0.985. The van der Waals surface area contributed by atoms with E-state index in [4.69, 9.17) is 9.84 Å². The molecule has 0 aliphatic heterocycles. The quantitative estimate of drug-likeness (QED) is 0.833. The molecule has 1 aromatic carbocycles. The van der Waals surface area contributed by atoms with Crippen LogP contribution in [0.3, 0.4) is 0 Å². The number of carbonyl (C=O) groups excluding carboxylic acids is 1. The second-order valence-corrected chi connectivity index (χ2v) is 3.94. The van der Waals surface area contributed by atoms with Crippen molar-refractivity contribution in [1.82, 2.24) is 5.32 Å². The van der Waals surface area contributed by atoms with Crippen LogP contribution in [0.4, 0.5) is 0 Å². The van der Waals surface area contributed by atoms with Crippen molar-refractivity contribution in [3.8, 4) is 5.75 Å². The van der Waals surface area contributed by atoms with E-state index in [0.29, 0.717) is 17.9 Å². The molecule has 1 amide bonds. The third kappa shape index (κ3) is 3.48. The molecule has 5 nitrogen and oxygen atoms in total. The molecular formula is C13H17NO4. The third-order valence-electron chi connectivity index (χ3n) is 2.45. The fraction of sp³-hybridized carbons (Fsp3) is 0.385. The maximum absolute atomic E-state index is 11.5. The lowest BCUT2D eigenvalue weighted by atomic mass is 10.1. The Kier molecular flexibility index (Phi) is 4.71. The number of aryl methyl sites for hydroxylation is 1. The van der Waals surface area contributed by atoms with Crippen LogP contribution in [-0.2, 0) is 4.79 Å². The van der Waals surface area contributed by atoms with Gasteiger partial charge in [0.15, 0.2) is 6.10 Å². The van der Waals surface area contributed by atoms with Crippen molar-refractivity contribution in [1.29, 1.82) is 0 Å². The molecule has 5 heteroatoms. The first-order valence-corrected chi connectivity index (χ1v) is 5.74. The highest BCUT2D eigenvalue weighted by Crippen LogP contribution is 2.20. The largest absolute Gasteiger partial charge is 0.481 e. The van der Waals surface area contributed by atoms with Crippen molar-refractivity contribution < 1.29 is 19.4 Å². The maximum Gasteiger partial charge on any atom is 0.335 e. The van der Waals surface area contributed by atoms with Gasteiger partial charge in [-0.05, 0) is 44.5 Å². The number of aromatic carboxylic acids is 1. The second-order valence-electron chi connectivity index (χ2n) is 3.94. The van der Waals surface area contributed by atoms with E-state index in [1.54, 1.807) is 19.9 Å². The third-order valence-corrected chi connectivity index (χ3v) is 2.45. The van der Waals surface area contributed by atoms with Gasteiger partial charge in [-0.25, -0.2) is 4.79 Å². The first-order chi connectivity index (χ1) is 8.45. The molecule has 98 valence electrons. The zero-order chi connectivity index (χ0) is 13.7. The Morgan fingerprint density at radius 1 is 1.44 bits per heavy atom. The monoisotopic (exact) mass is 251 g/mol. The minimum absolute atomic E-state index is 0.195. The highest BCUT2D eigenvalue weighted by atomic mass is 16.5. The Morgan fingerprint density at radius 2 is 2.11 bits per heavy atom. The normalized spacial score (nSPS) is 11.7. The molecule has 1 aromatic rings. The molecule has 0 saturated carbocycles. The molecule has 0 fully saturated rings. The van der Waals surface area contributed by atoms with Gasteiger partial charge in [-0.2, -0.15) is 0 Å². The summed E-state index contributed by atoms with van der Waals surface area (Å²) in [6.45, 7) is 5.77. The molecule has 2 N–H and O–H groups in total. The average molecular weight is 251 g/mol. The van der Waals surface area contributed by atoms with Crippen molar-refractivity contribution in [2.24, 2.45) is 0 Å². The Bertz CT molecular complexity index is 456. The Hall–Kier alpha value is -2.04. The van der Waals surface area contributed by atoms with Crippen LogP contribution in [0.2, 0.25) is 0 Å². The van der Waals surface area contributed by atoms with Crippen LogP contribution < -0.4 is 10.1 Å². The van der Waals surface area contributed by atoms with Gasteiger partial charge in [-0.15, -0.1) is 0 Å². The molecule has 1 unspecified atom stereocenters. The number of likely N-dealkylation sites (N-methyl/N-ethyl adjacent to an activating group) is 1. The number of carboxylic acids is 1. The van der Waals surface area contributed by atoms with Crippen LogP contribution in [-0.4, -0.2) is 29.6 Å². The molecule has 1 rings (SSSR count). The zero-order valence-corrected chi connectivity index (χ0v) is 10.7. The van der Waals surface area contributed by atoms with E-state index in [9.17, 15) is 9.59 Å². The van der Waals surface area contributed by atoms with Crippen molar-refractivity contribution in [2.45, 2.75) is 26.9 Å². The van der Waals surface area contributed by atoms with Crippen LogP contribution in [0.5, 0.6) is 5.75 Å². The van der Waals surface area contributed by atoms with Gasteiger partial charge in [0.25, 0.3) is 5.91 Å². The molecule has 1 atom stereocenters. The van der Waals surface area contributed by atoms with E-state index in [-0.39, 0.29) is 11.5 Å². The Labute approximate surface area is 106 Å². The average Bonchev–Trinajstić information content (AvgIpc) is 2.31. The van der Waals surface area contributed by atoms with Crippen molar-refractivity contribution in [3.63, 3.8) is 0 Å². The van der Waals surface area contributed by atoms with Crippen molar-refractivity contribution >= 4 is 11.9 Å². The summed E-state index contributed by atoms with van der Waals surface area (Å²) in [4.78, 5) is 22.3. The van der Waals surface area contributed by atoms with E-state index >= 15 is 0 Å². The number of carbonyl (C=O) groups is 2. The smallest absolute Gasteiger partial charge is 0.335 e. The fourth-order valence-electron chi connectivity index (χ4n) is 1.48. The number of carboxylic acid groups (broad SMARTS) is 1. The number of amides is 1. The van der Waals surface area contributed by atoms with E-state index in [1.807, 2.05) is 6.92 Å². The summed E-state index contributed by atoms with van der Waals surface area (Å²) < 4.78 is 5.49. The molecule has 0 aliphatic carbocycles. The summed E-state index contributed by atoms with van der Waals surface area (Å²) in [5, 5.41) is 11.5.